The number of hydrogen-bond acceptors (Lipinski definition) is 5. The summed E-state index contributed by atoms with van der Waals surface area (Å²) < 4.78 is 31.7. The third-order valence-corrected chi connectivity index (χ3v) is 1.23. The summed E-state index contributed by atoms with van der Waals surface area (Å²) in [6, 6.07) is -0.833. The van der Waals surface area contributed by atoms with Gasteiger partial charge in [-0.05, 0) is 6.42 Å². The van der Waals surface area contributed by atoms with Gasteiger partial charge in [0.05, 0.1) is 0 Å². The van der Waals surface area contributed by atoms with Crippen LogP contribution in [0.25, 0.3) is 0 Å². The van der Waals surface area contributed by atoms with Crippen LogP contribution in [-0.2, 0) is 9.59 Å². The minimum Gasteiger partial charge on any atom is -0.479 e. The van der Waals surface area contributed by atoms with Gasteiger partial charge in [-0.25, -0.2) is 14.4 Å². The van der Waals surface area contributed by atoms with Crippen LogP contribution < -0.4 is 22.9 Å². The van der Waals surface area contributed by atoms with Crippen molar-refractivity contribution < 1.29 is 37.8 Å². The maximum atomic E-state index is 10.6. The molecule has 0 aromatic rings. The van der Waals surface area contributed by atoms with Gasteiger partial charge in [0.25, 0.3) is 0 Å². The lowest BCUT2D eigenvalue weighted by molar-refractivity contribution is -0.192. The first-order valence-corrected chi connectivity index (χ1v) is 4.34. The molecule has 0 heterocycles. The molecule has 0 rings (SSSR count). The number of halogens is 3. The highest BCUT2D eigenvalue weighted by Crippen LogP contribution is 2.13. The molecule has 12 heteroatoms. The number of hydrogen-bond donors (Lipinski definition) is 6. The third kappa shape index (κ3) is 18.5. The van der Waals surface area contributed by atoms with Gasteiger partial charge in [-0.1, -0.05) is 6.92 Å². The fourth-order valence-corrected chi connectivity index (χ4v) is 0.151. The van der Waals surface area contributed by atoms with E-state index in [1.807, 2.05) is 0 Å². The molecule has 9 nitrogen and oxygen atoms in total. The fraction of sp³-hybridized carbons (Fsp3) is 0.571. The first kappa shape index (κ1) is 22.1. The number of primary amides is 2. The number of nitrogens with two attached hydrogens (primary N) is 4. The second-order valence-corrected chi connectivity index (χ2v) is 2.90. The number of rotatable bonds is 2. The molecule has 0 atom stereocenters. The van der Waals surface area contributed by atoms with Gasteiger partial charge in [0.15, 0.2) is 5.66 Å². The Morgan fingerprint density at radius 1 is 1.00 bits per heavy atom. The van der Waals surface area contributed by atoms with Crippen molar-refractivity contribution in [2.75, 3.05) is 0 Å². The van der Waals surface area contributed by atoms with Crippen molar-refractivity contribution in [3.63, 3.8) is 0 Å². The Labute approximate surface area is 105 Å². The molecular formula is C7H15F3N4O5. The van der Waals surface area contributed by atoms with E-state index in [0.717, 1.165) is 0 Å². The molecule has 0 saturated heterocycles. The Kier molecular flexibility index (Phi) is 10.4. The summed E-state index contributed by atoms with van der Waals surface area (Å²) in [5, 5.41) is 15.3. The molecule has 0 aliphatic rings. The van der Waals surface area contributed by atoms with Gasteiger partial charge < -0.3 is 33.1 Å². The van der Waals surface area contributed by atoms with E-state index in [1.165, 1.54) is 0 Å². The first-order valence-electron chi connectivity index (χ1n) is 4.34. The van der Waals surface area contributed by atoms with E-state index in [1.54, 1.807) is 6.92 Å². The van der Waals surface area contributed by atoms with Crippen LogP contribution in [0.4, 0.5) is 18.0 Å². The zero-order chi connectivity index (χ0) is 16.4. The topological polar surface area (TPSA) is 196 Å². The van der Waals surface area contributed by atoms with Crippen molar-refractivity contribution in [3.8, 4) is 0 Å². The number of carbonyl (C=O) groups excluding carboxylic acids is 1. The SMILES string of the molecule is CCC(N)(N)C(=O)O.NC(N)=O.O=C(O)C(F)(F)F. The number of carboxylic acids is 2. The minimum atomic E-state index is -5.08. The number of amides is 2. The smallest absolute Gasteiger partial charge is 0.479 e. The molecule has 0 radical (unpaired) electrons. The molecule has 0 aromatic carbocycles. The van der Waals surface area contributed by atoms with Crippen LogP contribution in [-0.4, -0.2) is 40.0 Å². The summed E-state index contributed by atoms with van der Waals surface area (Å²) in [5.41, 5.74) is 17.0. The summed E-state index contributed by atoms with van der Waals surface area (Å²) >= 11 is 0. The largest absolute Gasteiger partial charge is 0.490 e. The van der Waals surface area contributed by atoms with Gasteiger partial charge in [0.2, 0.25) is 0 Å². The minimum absolute atomic E-state index is 0.238. The normalized spacial score (nSPS) is 10.2. The van der Waals surface area contributed by atoms with Crippen molar-refractivity contribution >= 4 is 18.0 Å². The highest BCUT2D eigenvalue weighted by atomic mass is 19.4. The van der Waals surface area contributed by atoms with E-state index in [0.29, 0.717) is 0 Å². The number of carbonyl (C=O) groups is 3. The predicted octanol–water partition coefficient (Wildman–Crippen LogP) is -1.25. The van der Waals surface area contributed by atoms with Crippen LogP contribution >= 0.6 is 0 Å². The highest BCUT2D eigenvalue weighted by molar-refractivity contribution is 5.77. The Bertz CT molecular complexity index is 314. The maximum absolute atomic E-state index is 10.6. The Hall–Kier alpha value is -2.08. The molecule has 0 fully saturated rings. The summed E-state index contributed by atoms with van der Waals surface area (Å²) in [6.07, 6.45) is -4.84. The molecule has 0 bridgehead atoms. The summed E-state index contributed by atoms with van der Waals surface area (Å²) in [7, 11) is 0. The zero-order valence-electron chi connectivity index (χ0n) is 9.77. The monoisotopic (exact) mass is 292 g/mol. The lowest BCUT2D eigenvalue weighted by Gasteiger charge is -2.14. The van der Waals surface area contributed by atoms with Crippen molar-refractivity contribution in [3.05, 3.63) is 0 Å². The number of carboxylic acid groups (broad SMARTS) is 2. The second kappa shape index (κ2) is 8.93. The molecule has 0 aliphatic carbocycles. The summed E-state index contributed by atoms with van der Waals surface area (Å²) in [4.78, 5) is 27.9. The highest BCUT2D eigenvalue weighted by Gasteiger charge is 2.38. The standard InChI is InChI=1S/C4H10N2O2.C2HF3O2.CH4N2O/c1-2-4(5,6)3(7)8;3-2(4,5)1(6)7;2-1(3)4/h2,5-6H2,1H3,(H,7,8);(H,6,7);(H4,2,3,4). The van der Waals surface area contributed by atoms with Crippen LogP contribution in [0.1, 0.15) is 13.3 Å². The Morgan fingerprint density at radius 2 is 1.21 bits per heavy atom. The van der Waals surface area contributed by atoms with Gasteiger partial charge >= 0.3 is 24.1 Å². The first-order chi connectivity index (χ1) is 8.18. The quantitative estimate of drug-likeness (QED) is 0.342. The number of aliphatic carboxylic acids is 2. The van der Waals surface area contributed by atoms with E-state index < -0.39 is 29.8 Å². The number of alkyl halides is 3. The average Bonchev–Trinajstić information content (AvgIpc) is 2.15. The van der Waals surface area contributed by atoms with Gasteiger partial charge in [-0.15, -0.1) is 0 Å². The molecule has 19 heavy (non-hydrogen) atoms. The van der Waals surface area contributed by atoms with Gasteiger partial charge in [0, 0.05) is 0 Å². The molecule has 0 spiro atoms. The molecule has 2 amide bonds. The van der Waals surface area contributed by atoms with Crippen LogP contribution in [0.5, 0.6) is 0 Å². The van der Waals surface area contributed by atoms with Crippen LogP contribution in [0, 0.1) is 0 Å². The van der Waals surface area contributed by atoms with Crippen LogP contribution in [0.3, 0.4) is 0 Å². The van der Waals surface area contributed by atoms with E-state index in [9.17, 15) is 18.0 Å². The lowest BCUT2D eigenvalue weighted by atomic mass is 10.1. The van der Waals surface area contributed by atoms with Gasteiger partial charge in [0.1, 0.15) is 0 Å². The average molecular weight is 292 g/mol. The van der Waals surface area contributed by atoms with Crippen molar-refractivity contribution in [2.45, 2.75) is 25.2 Å². The number of urea groups is 1. The molecule has 114 valence electrons. The van der Waals surface area contributed by atoms with Crippen molar-refractivity contribution in [1.82, 2.24) is 0 Å². The lowest BCUT2D eigenvalue weighted by Crippen LogP contribution is -2.55. The molecule has 0 saturated carbocycles. The van der Waals surface area contributed by atoms with E-state index in [4.69, 9.17) is 31.3 Å². The summed E-state index contributed by atoms with van der Waals surface area (Å²) in [5.74, 6) is -3.92. The predicted molar refractivity (Wildman–Crippen MR) is 56.5 cm³/mol. The van der Waals surface area contributed by atoms with E-state index in [-0.39, 0.29) is 6.42 Å². The zero-order valence-corrected chi connectivity index (χ0v) is 9.77. The molecule has 0 aromatic heterocycles. The van der Waals surface area contributed by atoms with Gasteiger partial charge in [-0.3, -0.25) is 0 Å². The fourth-order valence-electron chi connectivity index (χ4n) is 0.151. The van der Waals surface area contributed by atoms with Crippen LogP contribution in [0.2, 0.25) is 0 Å². The molecular weight excluding hydrogens is 277 g/mol. The van der Waals surface area contributed by atoms with Crippen LogP contribution in [0.15, 0.2) is 0 Å². The summed E-state index contributed by atoms with van der Waals surface area (Å²) in [6.45, 7) is 1.62. The maximum Gasteiger partial charge on any atom is 0.490 e. The van der Waals surface area contributed by atoms with Crippen molar-refractivity contribution in [2.24, 2.45) is 22.9 Å². The molecule has 10 N–H and O–H groups in total. The van der Waals surface area contributed by atoms with Gasteiger partial charge in [-0.2, -0.15) is 13.2 Å². The van der Waals surface area contributed by atoms with E-state index in [2.05, 4.69) is 11.5 Å². The van der Waals surface area contributed by atoms with Crippen molar-refractivity contribution in [1.29, 1.82) is 0 Å². The third-order valence-electron chi connectivity index (χ3n) is 1.23. The molecule has 0 unspecified atom stereocenters. The van der Waals surface area contributed by atoms with E-state index >= 15 is 0 Å². The second-order valence-electron chi connectivity index (χ2n) is 2.90. The molecule has 0 aliphatic heterocycles. The Balaban J connectivity index is -0.000000214. The Morgan fingerprint density at radius 3 is 1.21 bits per heavy atom.